The van der Waals surface area contributed by atoms with Crippen molar-refractivity contribution < 1.29 is 9.84 Å². The fraction of sp³-hybridized carbons (Fsp3) is 0.375. The van der Waals surface area contributed by atoms with Gasteiger partial charge in [-0.25, -0.2) is 4.98 Å². The molecule has 3 N–H and O–H groups in total. The average Bonchev–Trinajstić information content (AvgIpc) is 3.05. The lowest BCUT2D eigenvalue weighted by Gasteiger charge is -2.34. The number of anilines is 1. The first kappa shape index (κ1) is 20.4. The minimum atomic E-state index is -0.911. The molecule has 6 nitrogen and oxygen atoms in total. The number of aromatic amines is 1. The number of aliphatic hydroxyl groups is 1. The quantitative estimate of drug-likeness (QED) is 0.565. The fourth-order valence-corrected chi connectivity index (χ4v) is 3.91. The highest BCUT2D eigenvalue weighted by Crippen LogP contribution is 2.42. The maximum Gasteiger partial charge on any atom is 0.171 e. The van der Waals surface area contributed by atoms with Crippen molar-refractivity contribution in [2.24, 2.45) is 0 Å². The van der Waals surface area contributed by atoms with Gasteiger partial charge in [-0.1, -0.05) is 12.1 Å². The molecule has 0 bridgehead atoms. The summed E-state index contributed by atoms with van der Waals surface area (Å²) >= 11 is 0. The molecule has 6 heteroatoms. The van der Waals surface area contributed by atoms with Crippen molar-refractivity contribution in [2.75, 3.05) is 25.5 Å². The average molecular weight is 407 g/mol. The number of pyridine rings is 1. The van der Waals surface area contributed by atoms with Crippen LogP contribution in [-0.2, 0) is 4.74 Å². The molecule has 3 aromatic rings. The molecule has 0 aliphatic carbocycles. The van der Waals surface area contributed by atoms with Gasteiger partial charge in [-0.15, -0.1) is 0 Å². The molecule has 158 valence electrons. The van der Waals surface area contributed by atoms with Crippen molar-refractivity contribution in [3.05, 3.63) is 65.1 Å². The molecule has 0 saturated heterocycles. The Balaban J connectivity index is 1.86. The lowest BCUT2D eigenvalue weighted by Crippen LogP contribution is -2.33. The SMILES string of the molecule is CCNc1cccc(C2=CN(C)C(OCC(C)(C)O)c3[nH]c4ncc(C)cc4c32)c1. The standard InChI is InChI=1S/C24H30N4O2/c1-6-25-17-9-7-8-16(11-17)19-13-28(5)23(30-14-24(3,4)29)21-20(19)18-10-15(2)12-26-22(18)27-21/h7-13,23,25,29H,6,14H2,1-5H3,(H,26,27). The summed E-state index contributed by atoms with van der Waals surface area (Å²) in [4.78, 5) is 10.1. The highest BCUT2D eigenvalue weighted by molar-refractivity contribution is 5.98. The third-order valence-electron chi connectivity index (χ3n) is 5.18. The predicted molar refractivity (Wildman–Crippen MR) is 121 cm³/mol. The third-order valence-corrected chi connectivity index (χ3v) is 5.18. The molecule has 0 fully saturated rings. The van der Waals surface area contributed by atoms with Crippen molar-refractivity contribution >= 4 is 22.3 Å². The number of fused-ring (bicyclic) bond motifs is 3. The minimum absolute atomic E-state index is 0.225. The van der Waals surface area contributed by atoms with Crippen molar-refractivity contribution in [3.63, 3.8) is 0 Å². The molecule has 4 rings (SSSR count). The number of rotatable bonds is 6. The van der Waals surface area contributed by atoms with E-state index in [-0.39, 0.29) is 12.8 Å². The van der Waals surface area contributed by atoms with Crippen LogP contribution in [0.1, 0.15) is 49.4 Å². The number of aryl methyl sites for hydroxylation is 1. The van der Waals surface area contributed by atoms with Gasteiger partial charge in [0.2, 0.25) is 0 Å². The van der Waals surface area contributed by atoms with Crippen LogP contribution in [0.25, 0.3) is 16.6 Å². The Morgan fingerprint density at radius 2 is 2.10 bits per heavy atom. The van der Waals surface area contributed by atoms with Gasteiger partial charge in [0.05, 0.1) is 17.9 Å². The van der Waals surface area contributed by atoms with Crippen LogP contribution in [0.5, 0.6) is 0 Å². The van der Waals surface area contributed by atoms with E-state index in [0.717, 1.165) is 51.2 Å². The van der Waals surface area contributed by atoms with E-state index in [4.69, 9.17) is 4.74 Å². The molecule has 30 heavy (non-hydrogen) atoms. The molecule has 1 atom stereocenters. The van der Waals surface area contributed by atoms with Gasteiger partial charge in [0.1, 0.15) is 5.65 Å². The second-order valence-corrected chi connectivity index (χ2v) is 8.62. The Morgan fingerprint density at radius 3 is 2.83 bits per heavy atom. The van der Waals surface area contributed by atoms with Crippen LogP contribution in [0.4, 0.5) is 5.69 Å². The molecule has 2 aromatic heterocycles. The Kier molecular flexibility index (Phi) is 5.30. The van der Waals surface area contributed by atoms with Crippen LogP contribution in [0.2, 0.25) is 0 Å². The Labute approximate surface area is 177 Å². The maximum atomic E-state index is 10.2. The first-order valence-corrected chi connectivity index (χ1v) is 10.4. The van der Waals surface area contributed by atoms with Gasteiger partial charge < -0.3 is 25.0 Å². The first-order valence-electron chi connectivity index (χ1n) is 10.4. The van der Waals surface area contributed by atoms with Gasteiger partial charge >= 0.3 is 0 Å². The highest BCUT2D eigenvalue weighted by Gasteiger charge is 2.32. The molecule has 0 saturated carbocycles. The van der Waals surface area contributed by atoms with E-state index in [1.807, 2.05) is 18.1 Å². The number of benzene rings is 1. The fourth-order valence-electron chi connectivity index (χ4n) is 3.91. The second kappa shape index (κ2) is 7.78. The van der Waals surface area contributed by atoms with Crippen LogP contribution in [0.3, 0.4) is 0 Å². The summed E-state index contributed by atoms with van der Waals surface area (Å²) < 4.78 is 6.15. The van der Waals surface area contributed by atoms with E-state index >= 15 is 0 Å². The molecule has 1 aliphatic heterocycles. The summed E-state index contributed by atoms with van der Waals surface area (Å²) in [5.74, 6) is 0. The molecule has 0 radical (unpaired) electrons. The maximum absolute atomic E-state index is 10.2. The first-order chi connectivity index (χ1) is 14.3. The van der Waals surface area contributed by atoms with Crippen LogP contribution in [0, 0.1) is 6.92 Å². The van der Waals surface area contributed by atoms with Crippen molar-refractivity contribution in [3.8, 4) is 0 Å². The molecule has 0 spiro atoms. The summed E-state index contributed by atoms with van der Waals surface area (Å²) in [6.45, 7) is 8.75. The number of H-pyrrole nitrogens is 1. The number of hydrogen-bond acceptors (Lipinski definition) is 5. The van der Waals surface area contributed by atoms with E-state index in [1.54, 1.807) is 13.8 Å². The van der Waals surface area contributed by atoms with Gasteiger partial charge in [0, 0.05) is 48.2 Å². The van der Waals surface area contributed by atoms with Crippen molar-refractivity contribution in [1.82, 2.24) is 14.9 Å². The zero-order valence-corrected chi connectivity index (χ0v) is 18.3. The number of ether oxygens (including phenoxy) is 1. The van der Waals surface area contributed by atoms with Crippen molar-refractivity contribution in [2.45, 2.75) is 39.5 Å². The molecule has 1 unspecified atom stereocenters. The largest absolute Gasteiger partial charge is 0.388 e. The van der Waals surface area contributed by atoms with E-state index in [1.165, 1.54) is 0 Å². The zero-order valence-electron chi connectivity index (χ0n) is 18.3. The summed E-state index contributed by atoms with van der Waals surface area (Å²) in [7, 11) is 2.00. The predicted octanol–water partition coefficient (Wildman–Crippen LogP) is 4.42. The zero-order chi connectivity index (χ0) is 21.5. The number of aromatic nitrogens is 2. The Bertz CT molecular complexity index is 1090. The highest BCUT2D eigenvalue weighted by atomic mass is 16.5. The number of nitrogens with zero attached hydrogens (tertiary/aromatic N) is 2. The van der Waals surface area contributed by atoms with E-state index in [9.17, 15) is 5.11 Å². The van der Waals surface area contributed by atoms with Crippen LogP contribution >= 0.6 is 0 Å². The summed E-state index contributed by atoms with van der Waals surface area (Å²) in [6.07, 6.45) is 3.66. The monoisotopic (exact) mass is 406 g/mol. The summed E-state index contributed by atoms with van der Waals surface area (Å²) in [5.41, 5.74) is 6.44. The number of nitrogens with one attached hydrogen (secondary N) is 2. The molecule has 3 heterocycles. The minimum Gasteiger partial charge on any atom is -0.388 e. The third kappa shape index (κ3) is 3.93. The van der Waals surface area contributed by atoms with E-state index in [0.29, 0.717) is 0 Å². The lowest BCUT2D eigenvalue weighted by atomic mass is 9.93. The van der Waals surface area contributed by atoms with Gasteiger partial charge in [-0.2, -0.15) is 0 Å². The molecular weight excluding hydrogens is 376 g/mol. The Hall–Kier alpha value is -2.83. The molecule has 1 aliphatic rings. The summed E-state index contributed by atoms with van der Waals surface area (Å²) in [6, 6.07) is 10.6. The van der Waals surface area contributed by atoms with E-state index < -0.39 is 5.60 Å². The van der Waals surface area contributed by atoms with Gasteiger partial charge in [-0.3, -0.25) is 0 Å². The van der Waals surface area contributed by atoms with Crippen LogP contribution in [-0.4, -0.2) is 45.8 Å². The lowest BCUT2D eigenvalue weighted by molar-refractivity contribution is -0.0962. The van der Waals surface area contributed by atoms with Crippen LogP contribution < -0.4 is 5.32 Å². The number of hydrogen-bond donors (Lipinski definition) is 3. The van der Waals surface area contributed by atoms with Crippen molar-refractivity contribution in [1.29, 1.82) is 0 Å². The normalized spacial score (nSPS) is 16.5. The van der Waals surface area contributed by atoms with Gasteiger partial charge in [0.15, 0.2) is 6.23 Å². The molecular formula is C24H30N4O2. The summed E-state index contributed by atoms with van der Waals surface area (Å²) in [5, 5.41) is 14.7. The smallest absolute Gasteiger partial charge is 0.171 e. The van der Waals surface area contributed by atoms with Gasteiger partial charge in [-0.05, 0) is 57.0 Å². The molecule has 0 amide bonds. The van der Waals surface area contributed by atoms with Crippen LogP contribution in [0.15, 0.2) is 42.7 Å². The second-order valence-electron chi connectivity index (χ2n) is 8.62. The van der Waals surface area contributed by atoms with E-state index in [2.05, 4.69) is 65.7 Å². The van der Waals surface area contributed by atoms with Gasteiger partial charge in [0.25, 0.3) is 0 Å². The topological polar surface area (TPSA) is 73.4 Å². The Morgan fingerprint density at radius 1 is 1.30 bits per heavy atom. The molecule has 1 aromatic carbocycles.